The molecule has 7 nitrogen and oxygen atoms in total. The summed E-state index contributed by atoms with van der Waals surface area (Å²) >= 11 is 0. The van der Waals surface area contributed by atoms with Crippen LogP contribution in [0.15, 0.2) is 48.8 Å². The Hall–Kier alpha value is -3.62. The average Bonchev–Trinajstić information content (AvgIpc) is 2.64. The lowest BCUT2D eigenvalue weighted by Crippen LogP contribution is -2.15. The molecule has 3 N–H and O–H groups in total. The number of anilines is 2. The molecule has 2 heterocycles. The van der Waals surface area contributed by atoms with E-state index in [4.69, 9.17) is 5.11 Å². The van der Waals surface area contributed by atoms with Gasteiger partial charge in [0.15, 0.2) is 0 Å². The maximum atomic E-state index is 13.3. The first kappa shape index (κ1) is 18.2. The molecule has 0 aliphatic rings. The van der Waals surface area contributed by atoms with E-state index >= 15 is 0 Å². The molecule has 0 aliphatic heterocycles. The zero-order chi connectivity index (χ0) is 19.2. The Bertz CT molecular complexity index is 933. The van der Waals surface area contributed by atoms with E-state index in [1.165, 1.54) is 12.1 Å². The van der Waals surface area contributed by atoms with Gasteiger partial charge in [-0.05, 0) is 29.8 Å². The number of hydrogen-bond donors (Lipinski definition) is 3. The van der Waals surface area contributed by atoms with E-state index < -0.39 is 17.6 Å². The normalized spacial score (nSPS) is 10.4. The molecule has 0 amide bonds. The van der Waals surface area contributed by atoms with Crippen molar-refractivity contribution in [3.05, 3.63) is 66.0 Å². The van der Waals surface area contributed by atoms with Crippen molar-refractivity contribution in [2.24, 2.45) is 0 Å². The highest BCUT2D eigenvalue weighted by atomic mass is 19.1. The molecule has 0 saturated heterocycles. The van der Waals surface area contributed by atoms with E-state index in [1.807, 2.05) is 0 Å². The molecule has 0 spiro atoms. The van der Waals surface area contributed by atoms with Crippen molar-refractivity contribution < 1.29 is 18.7 Å². The number of carboxylic acids is 1. The van der Waals surface area contributed by atoms with Crippen molar-refractivity contribution >= 4 is 17.7 Å². The second-order valence-electron chi connectivity index (χ2n) is 5.58. The van der Waals surface area contributed by atoms with Gasteiger partial charge >= 0.3 is 5.97 Å². The number of benzene rings is 1. The molecule has 9 heteroatoms. The summed E-state index contributed by atoms with van der Waals surface area (Å²) in [6.45, 7) is -0.228. The Morgan fingerprint density at radius 1 is 1.00 bits per heavy atom. The van der Waals surface area contributed by atoms with E-state index in [-0.39, 0.29) is 19.0 Å². The Balaban J connectivity index is 1.86. The number of carbonyl (C=O) groups is 1. The fourth-order valence-electron chi connectivity index (χ4n) is 2.35. The van der Waals surface area contributed by atoms with Gasteiger partial charge in [-0.2, -0.15) is 4.98 Å². The minimum atomic E-state index is -1.06. The second-order valence-corrected chi connectivity index (χ2v) is 5.58. The third kappa shape index (κ3) is 5.18. The van der Waals surface area contributed by atoms with Gasteiger partial charge in [0.1, 0.15) is 24.0 Å². The third-order valence-corrected chi connectivity index (χ3v) is 3.50. The van der Waals surface area contributed by atoms with Crippen LogP contribution in [-0.4, -0.2) is 32.6 Å². The van der Waals surface area contributed by atoms with Crippen LogP contribution in [0.25, 0.3) is 11.3 Å². The van der Waals surface area contributed by atoms with Crippen molar-refractivity contribution in [1.82, 2.24) is 15.0 Å². The summed E-state index contributed by atoms with van der Waals surface area (Å²) in [6.07, 6.45) is 3.20. The summed E-state index contributed by atoms with van der Waals surface area (Å²) in [5.41, 5.74) is 1.69. The largest absolute Gasteiger partial charge is 0.480 e. The lowest BCUT2D eigenvalue weighted by molar-refractivity contribution is -0.134. The molecule has 138 valence electrons. The van der Waals surface area contributed by atoms with Gasteiger partial charge in [-0.15, -0.1) is 0 Å². The number of halogens is 2. The van der Waals surface area contributed by atoms with Gasteiger partial charge in [0.2, 0.25) is 5.95 Å². The highest BCUT2D eigenvalue weighted by Crippen LogP contribution is 2.21. The molecule has 0 radical (unpaired) electrons. The number of aromatic nitrogens is 3. The molecule has 27 heavy (non-hydrogen) atoms. The molecule has 0 saturated carbocycles. The van der Waals surface area contributed by atoms with Crippen molar-refractivity contribution in [2.45, 2.75) is 6.54 Å². The van der Waals surface area contributed by atoms with E-state index in [0.29, 0.717) is 17.1 Å². The predicted molar refractivity (Wildman–Crippen MR) is 95.1 cm³/mol. The van der Waals surface area contributed by atoms with Crippen molar-refractivity contribution in [2.75, 3.05) is 17.2 Å². The Kier molecular flexibility index (Phi) is 5.50. The number of rotatable bonds is 7. The van der Waals surface area contributed by atoms with Crippen LogP contribution in [-0.2, 0) is 11.3 Å². The first-order chi connectivity index (χ1) is 13.0. The van der Waals surface area contributed by atoms with Gasteiger partial charge in [-0.25, -0.2) is 13.8 Å². The van der Waals surface area contributed by atoms with Crippen LogP contribution in [0.1, 0.15) is 5.56 Å². The van der Waals surface area contributed by atoms with Gasteiger partial charge < -0.3 is 15.7 Å². The van der Waals surface area contributed by atoms with Crippen LogP contribution in [0.5, 0.6) is 0 Å². The quantitative estimate of drug-likeness (QED) is 0.587. The van der Waals surface area contributed by atoms with Crippen LogP contribution in [0, 0.1) is 11.6 Å². The van der Waals surface area contributed by atoms with E-state index in [1.54, 1.807) is 30.6 Å². The zero-order valence-corrected chi connectivity index (χ0v) is 14.0. The summed E-state index contributed by atoms with van der Waals surface area (Å²) in [5.74, 6) is -1.92. The number of aliphatic carboxylic acids is 1. The highest BCUT2D eigenvalue weighted by Gasteiger charge is 2.09. The summed E-state index contributed by atoms with van der Waals surface area (Å²) < 4.78 is 26.6. The fourth-order valence-corrected chi connectivity index (χ4v) is 2.35. The monoisotopic (exact) mass is 371 g/mol. The zero-order valence-electron chi connectivity index (χ0n) is 14.0. The van der Waals surface area contributed by atoms with Gasteiger partial charge in [-0.1, -0.05) is 0 Å². The van der Waals surface area contributed by atoms with Gasteiger partial charge in [0.05, 0.1) is 5.69 Å². The first-order valence-electron chi connectivity index (χ1n) is 7.93. The lowest BCUT2D eigenvalue weighted by Gasteiger charge is -2.11. The standard InChI is InChI=1S/C18H15F2N5O2/c19-13-5-11(6-14(20)7-13)9-22-16-8-15(12-1-3-21-4-2-12)24-18(25-16)23-10-17(26)27/h1-8H,9-10H2,(H,26,27)(H2,22,23,24,25). The number of carboxylic acid groups (broad SMARTS) is 1. The van der Waals surface area contributed by atoms with Crippen LogP contribution >= 0.6 is 0 Å². The molecular weight excluding hydrogens is 356 g/mol. The molecular formula is C18H15F2N5O2. The second kappa shape index (κ2) is 8.17. The first-order valence-corrected chi connectivity index (χ1v) is 7.93. The Labute approximate surface area is 153 Å². The molecule has 2 aromatic heterocycles. The third-order valence-electron chi connectivity index (χ3n) is 3.50. The molecule has 0 atom stereocenters. The lowest BCUT2D eigenvalue weighted by atomic mass is 10.2. The molecule has 3 rings (SSSR count). The smallest absolute Gasteiger partial charge is 0.322 e. The molecule has 0 fully saturated rings. The Morgan fingerprint density at radius 2 is 1.70 bits per heavy atom. The number of hydrogen-bond acceptors (Lipinski definition) is 6. The summed E-state index contributed by atoms with van der Waals surface area (Å²) in [5, 5.41) is 14.4. The average molecular weight is 371 g/mol. The summed E-state index contributed by atoms with van der Waals surface area (Å²) in [7, 11) is 0. The van der Waals surface area contributed by atoms with Gasteiger partial charge in [0, 0.05) is 36.6 Å². The topological polar surface area (TPSA) is 100 Å². The number of nitrogens with one attached hydrogen (secondary N) is 2. The maximum absolute atomic E-state index is 13.3. The minimum absolute atomic E-state index is 0.111. The molecule has 1 aromatic carbocycles. The van der Waals surface area contributed by atoms with Crippen LogP contribution in [0.2, 0.25) is 0 Å². The summed E-state index contributed by atoms with van der Waals surface area (Å²) in [4.78, 5) is 23.2. The van der Waals surface area contributed by atoms with E-state index in [2.05, 4.69) is 25.6 Å². The molecule has 0 unspecified atom stereocenters. The fraction of sp³-hybridized carbons (Fsp3) is 0.111. The van der Waals surface area contributed by atoms with Crippen LogP contribution in [0.4, 0.5) is 20.5 Å². The number of nitrogens with zero attached hydrogens (tertiary/aromatic N) is 3. The van der Waals surface area contributed by atoms with E-state index in [9.17, 15) is 13.6 Å². The molecule has 0 aliphatic carbocycles. The number of pyridine rings is 1. The van der Waals surface area contributed by atoms with Gasteiger partial charge in [0.25, 0.3) is 0 Å². The maximum Gasteiger partial charge on any atom is 0.322 e. The van der Waals surface area contributed by atoms with Gasteiger partial charge in [-0.3, -0.25) is 9.78 Å². The van der Waals surface area contributed by atoms with Crippen molar-refractivity contribution in [3.63, 3.8) is 0 Å². The summed E-state index contributed by atoms with van der Waals surface area (Å²) in [6, 6.07) is 8.36. The van der Waals surface area contributed by atoms with Crippen molar-refractivity contribution in [1.29, 1.82) is 0 Å². The minimum Gasteiger partial charge on any atom is -0.480 e. The van der Waals surface area contributed by atoms with E-state index in [0.717, 1.165) is 11.6 Å². The highest BCUT2D eigenvalue weighted by molar-refractivity contribution is 5.72. The van der Waals surface area contributed by atoms with Crippen LogP contribution in [0.3, 0.4) is 0 Å². The van der Waals surface area contributed by atoms with Crippen molar-refractivity contribution in [3.8, 4) is 11.3 Å². The van der Waals surface area contributed by atoms with Crippen LogP contribution < -0.4 is 10.6 Å². The SMILES string of the molecule is O=C(O)CNc1nc(NCc2cc(F)cc(F)c2)cc(-c2ccncc2)n1. The predicted octanol–water partition coefficient (Wildman–Crippen LogP) is 2.93. The molecule has 0 bridgehead atoms. The Morgan fingerprint density at radius 3 is 2.37 bits per heavy atom. The molecule has 3 aromatic rings.